The zero-order chi connectivity index (χ0) is 18.0. The van der Waals surface area contributed by atoms with Gasteiger partial charge in [-0.2, -0.15) is 0 Å². The van der Waals surface area contributed by atoms with Crippen LogP contribution in [0.1, 0.15) is 24.2 Å². The average molecular weight is 362 g/mol. The second-order valence-electron chi connectivity index (χ2n) is 5.44. The molecule has 0 aliphatic rings. The van der Waals surface area contributed by atoms with Crippen molar-refractivity contribution in [1.82, 2.24) is 19.6 Å². The third-order valence-electron chi connectivity index (χ3n) is 3.28. The minimum Gasteiger partial charge on any atom is -0.493 e. The number of carbonyl (C=O) groups excluding carboxylic acids is 1. The molecular weight excluding hydrogens is 346 g/mol. The van der Waals surface area contributed by atoms with E-state index in [1.165, 1.54) is 13.2 Å². The lowest BCUT2D eigenvalue weighted by Crippen LogP contribution is -2.15. The summed E-state index contributed by atoms with van der Waals surface area (Å²) in [5.41, 5.74) is 0.831. The maximum Gasteiger partial charge on any atom is 0.258 e. The van der Waals surface area contributed by atoms with E-state index in [4.69, 9.17) is 21.1 Å². The number of benzene rings is 1. The average Bonchev–Trinajstić information content (AvgIpc) is 2.99. The normalized spacial score (nSPS) is 10.9. The van der Waals surface area contributed by atoms with E-state index >= 15 is 0 Å². The predicted octanol–water partition coefficient (Wildman–Crippen LogP) is 2.83. The first-order chi connectivity index (χ1) is 12.0. The van der Waals surface area contributed by atoms with Gasteiger partial charge in [-0.05, 0) is 26.0 Å². The van der Waals surface area contributed by atoms with Gasteiger partial charge in [-0.3, -0.25) is 19.5 Å². The molecule has 0 fully saturated rings. The monoisotopic (exact) mass is 361 g/mol. The van der Waals surface area contributed by atoms with E-state index in [9.17, 15) is 4.79 Å². The fraction of sp³-hybridized carbons (Fsp3) is 0.250. The summed E-state index contributed by atoms with van der Waals surface area (Å²) >= 11 is 6.25. The van der Waals surface area contributed by atoms with Crippen molar-refractivity contribution in [3.05, 3.63) is 41.3 Å². The largest absolute Gasteiger partial charge is 0.493 e. The summed E-state index contributed by atoms with van der Waals surface area (Å²) in [5, 5.41) is 10.8. The number of rotatable bonds is 5. The molecule has 0 saturated carbocycles. The molecule has 25 heavy (non-hydrogen) atoms. The molecule has 1 N–H and O–H groups in total. The SMILES string of the molecule is COc1cc(C(=O)Nc2nnc3cnccn23)cc(Cl)c1OC(C)C. The molecule has 0 aliphatic carbocycles. The molecule has 0 spiro atoms. The van der Waals surface area contributed by atoms with Crippen molar-refractivity contribution in [1.29, 1.82) is 0 Å². The number of fused-ring (bicyclic) bond motifs is 1. The molecule has 130 valence electrons. The van der Waals surface area contributed by atoms with E-state index in [2.05, 4.69) is 20.5 Å². The van der Waals surface area contributed by atoms with Crippen LogP contribution in [0.2, 0.25) is 5.02 Å². The standard InChI is InChI=1S/C16H16ClN5O3/c1-9(2)25-14-11(17)6-10(7-12(14)24-3)15(23)19-16-21-20-13-8-18-4-5-22(13)16/h4-9H,1-3H3,(H,19,21,23). The van der Waals surface area contributed by atoms with Crippen LogP contribution in [0.3, 0.4) is 0 Å². The smallest absolute Gasteiger partial charge is 0.258 e. The van der Waals surface area contributed by atoms with E-state index in [1.54, 1.807) is 29.1 Å². The van der Waals surface area contributed by atoms with Crippen LogP contribution in [0.4, 0.5) is 5.95 Å². The number of hydrogen-bond acceptors (Lipinski definition) is 6. The maximum atomic E-state index is 12.5. The van der Waals surface area contributed by atoms with Crippen molar-refractivity contribution in [2.24, 2.45) is 0 Å². The molecule has 0 unspecified atom stereocenters. The molecule has 0 bridgehead atoms. The van der Waals surface area contributed by atoms with Crippen molar-refractivity contribution in [2.45, 2.75) is 20.0 Å². The summed E-state index contributed by atoms with van der Waals surface area (Å²) in [6.45, 7) is 3.75. The van der Waals surface area contributed by atoms with Crippen molar-refractivity contribution in [3.63, 3.8) is 0 Å². The Morgan fingerprint density at radius 2 is 2.12 bits per heavy atom. The Balaban J connectivity index is 1.90. The summed E-state index contributed by atoms with van der Waals surface area (Å²) in [4.78, 5) is 16.5. The minimum absolute atomic E-state index is 0.0814. The van der Waals surface area contributed by atoms with Gasteiger partial charge in [0.05, 0.1) is 24.4 Å². The van der Waals surface area contributed by atoms with Gasteiger partial charge >= 0.3 is 0 Å². The fourth-order valence-corrected chi connectivity index (χ4v) is 2.47. The highest BCUT2D eigenvalue weighted by Gasteiger charge is 2.18. The number of anilines is 1. The van der Waals surface area contributed by atoms with Crippen molar-refractivity contribution in [3.8, 4) is 11.5 Å². The number of carbonyl (C=O) groups is 1. The Kier molecular flexibility index (Phi) is 4.71. The second-order valence-corrected chi connectivity index (χ2v) is 5.85. The first kappa shape index (κ1) is 17.0. The molecule has 2 aromatic heterocycles. The Morgan fingerprint density at radius 3 is 2.84 bits per heavy atom. The Hall–Kier alpha value is -2.87. The van der Waals surface area contributed by atoms with Gasteiger partial charge in [0.15, 0.2) is 17.1 Å². The molecule has 3 aromatic rings. The Morgan fingerprint density at radius 1 is 1.32 bits per heavy atom. The van der Waals surface area contributed by atoms with Gasteiger partial charge in [-0.25, -0.2) is 0 Å². The van der Waals surface area contributed by atoms with Gasteiger partial charge in [0, 0.05) is 18.0 Å². The molecule has 1 aromatic carbocycles. The van der Waals surface area contributed by atoms with E-state index in [0.29, 0.717) is 22.7 Å². The Bertz CT molecular complexity index is 925. The molecule has 2 heterocycles. The van der Waals surface area contributed by atoms with E-state index in [-0.39, 0.29) is 17.1 Å². The van der Waals surface area contributed by atoms with Crippen LogP contribution in [0.25, 0.3) is 5.65 Å². The fourth-order valence-electron chi connectivity index (χ4n) is 2.21. The van der Waals surface area contributed by atoms with Crippen LogP contribution >= 0.6 is 11.6 Å². The summed E-state index contributed by atoms with van der Waals surface area (Å²) in [6.07, 6.45) is 4.69. The van der Waals surface area contributed by atoms with Crippen molar-refractivity contribution in [2.75, 3.05) is 12.4 Å². The van der Waals surface area contributed by atoms with Crippen LogP contribution in [-0.4, -0.2) is 38.7 Å². The van der Waals surface area contributed by atoms with Gasteiger partial charge in [0.2, 0.25) is 5.95 Å². The minimum atomic E-state index is -0.401. The highest BCUT2D eigenvalue weighted by molar-refractivity contribution is 6.32. The summed E-state index contributed by atoms with van der Waals surface area (Å²) in [6, 6.07) is 3.08. The van der Waals surface area contributed by atoms with E-state index < -0.39 is 5.91 Å². The first-order valence-corrected chi connectivity index (χ1v) is 7.87. The molecule has 0 atom stereocenters. The number of ether oxygens (including phenoxy) is 2. The summed E-state index contributed by atoms with van der Waals surface area (Å²) in [7, 11) is 1.49. The quantitative estimate of drug-likeness (QED) is 0.751. The number of halogens is 1. The highest BCUT2D eigenvalue weighted by atomic mass is 35.5. The second kappa shape index (κ2) is 6.94. The number of hydrogen-bond donors (Lipinski definition) is 1. The molecular formula is C16H16ClN5O3. The molecule has 9 heteroatoms. The molecule has 0 aliphatic heterocycles. The van der Waals surface area contributed by atoms with Gasteiger partial charge in [-0.1, -0.05) is 11.6 Å². The van der Waals surface area contributed by atoms with Crippen LogP contribution in [0.15, 0.2) is 30.7 Å². The van der Waals surface area contributed by atoms with E-state index in [1.807, 2.05) is 13.8 Å². The molecule has 8 nitrogen and oxygen atoms in total. The van der Waals surface area contributed by atoms with Gasteiger partial charge in [0.25, 0.3) is 5.91 Å². The van der Waals surface area contributed by atoms with Crippen LogP contribution in [0.5, 0.6) is 11.5 Å². The van der Waals surface area contributed by atoms with Crippen LogP contribution in [0, 0.1) is 0 Å². The molecule has 1 amide bonds. The van der Waals surface area contributed by atoms with Gasteiger partial charge in [0.1, 0.15) is 0 Å². The lowest BCUT2D eigenvalue weighted by molar-refractivity contribution is 0.102. The molecule has 0 saturated heterocycles. The lowest BCUT2D eigenvalue weighted by Gasteiger charge is -2.16. The number of amides is 1. The third kappa shape index (κ3) is 3.48. The van der Waals surface area contributed by atoms with Crippen molar-refractivity contribution >= 4 is 29.1 Å². The third-order valence-corrected chi connectivity index (χ3v) is 3.57. The van der Waals surface area contributed by atoms with Crippen LogP contribution < -0.4 is 14.8 Å². The number of nitrogens with one attached hydrogen (secondary N) is 1. The topological polar surface area (TPSA) is 90.6 Å². The zero-order valence-electron chi connectivity index (χ0n) is 13.9. The summed E-state index contributed by atoms with van der Waals surface area (Å²) in [5.74, 6) is 0.652. The van der Waals surface area contributed by atoms with E-state index in [0.717, 1.165) is 0 Å². The highest BCUT2D eigenvalue weighted by Crippen LogP contribution is 2.37. The lowest BCUT2D eigenvalue weighted by atomic mass is 10.2. The maximum absolute atomic E-state index is 12.5. The number of nitrogens with zero attached hydrogens (tertiary/aromatic N) is 4. The van der Waals surface area contributed by atoms with Crippen LogP contribution in [-0.2, 0) is 0 Å². The van der Waals surface area contributed by atoms with Gasteiger partial charge < -0.3 is 9.47 Å². The Labute approximate surface area is 148 Å². The first-order valence-electron chi connectivity index (χ1n) is 7.50. The summed E-state index contributed by atoms with van der Waals surface area (Å²) < 4.78 is 12.5. The van der Waals surface area contributed by atoms with Crippen molar-refractivity contribution < 1.29 is 14.3 Å². The molecule has 0 radical (unpaired) electrons. The van der Waals surface area contributed by atoms with Gasteiger partial charge in [-0.15, -0.1) is 10.2 Å². The number of aromatic nitrogens is 4. The predicted molar refractivity (Wildman–Crippen MR) is 92.5 cm³/mol. The molecule has 3 rings (SSSR count). The number of methoxy groups -OCH3 is 1. The zero-order valence-corrected chi connectivity index (χ0v) is 14.6.